The van der Waals surface area contributed by atoms with Gasteiger partial charge in [0.2, 0.25) is 0 Å². The number of amides is 1. The summed E-state index contributed by atoms with van der Waals surface area (Å²) in [7, 11) is 0. The number of nitrogens with zero attached hydrogens (tertiary/aromatic N) is 2. The van der Waals surface area contributed by atoms with Crippen LogP contribution in [0.15, 0.2) is 30.3 Å². The second-order valence-corrected chi connectivity index (χ2v) is 6.12. The zero-order valence-electron chi connectivity index (χ0n) is 13.7. The molecule has 122 valence electrons. The quantitative estimate of drug-likeness (QED) is 0.899. The Balaban J connectivity index is 1.77. The molecule has 1 aromatic carbocycles. The Morgan fingerprint density at radius 2 is 1.87 bits per heavy atom. The van der Waals surface area contributed by atoms with Gasteiger partial charge in [0.1, 0.15) is 11.6 Å². The first-order valence-electron chi connectivity index (χ1n) is 8.24. The van der Waals surface area contributed by atoms with Crippen molar-refractivity contribution in [2.24, 2.45) is 0 Å². The standard InChI is InChI=1S/C18H23N3O2/c1-13-14(2)20-21(15-9-5-3-6-10-15)17(13)19-18(22)23-16-11-7-4-8-12-16/h4,7-8,11-12,15H,3,5-6,9-10H2,1-2H3,(H,19,22). The smallest absolute Gasteiger partial charge is 0.410 e. The van der Waals surface area contributed by atoms with Crippen molar-refractivity contribution in [3.8, 4) is 5.75 Å². The monoisotopic (exact) mass is 313 g/mol. The van der Waals surface area contributed by atoms with Crippen molar-refractivity contribution in [3.63, 3.8) is 0 Å². The Morgan fingerprint density at radius 1 is 1.17 bits per heavy atom. The second-order valence-electron chi connectivity index (χ2n) is 6.12. The summed E-state index contributed by atoms with van der Waals surface area (Å²) >= 11 is 0. The molecule has 1 aliphatic rings. The van der Waals surface area contributed by atoms with Crippen LogP contribution in [0.25, 0.3) is 0 Å². The fourth-order valence-corrected chi connectivity index (χ4v) is 3.09. The van der Waals surface area contributed by atoms with Crippen molar-refractivity contribution in [1.82, 2.24) is 9.78 Å². The number of rotatable bonds is 3. The molecule has 23 heavy (non-hydrogen) atoms. The van der Waals surface area contributed by atoms with E-state index in [4.69, 9.17) is 4.74 Å². The predicted octanol–water partition coefficient (Wildman–Crippen LogP) is 4.62. The summed E-state index contributed by atoms with van der Waals surface area (Å²) < 4.78 is 7.32. The van der Waals surface area contributed by atoms with Gasteiger partial charge in [0.05, 0.1) is 11.7 Å². The average Bonchev–Trinajstić information content (AvgIpc) is 2.85. The lowest BCUT2D eigenvalue weighted by Crippen LogP contribution is -2.22. The van der Waals surface area contributed by atoms with Gasteiger partial charge in [0, 0.05) is 5.56 Å². The van der Waals surface area contributed by atoms with E-state index in [0.717, 1.165) is 29.9 Å². The maximum absolute atomic E-state index is 12.2. The highest BCUT2D eigenvalue weighted by molar-refractivity contribution is 5.86. The van der Waals surface area contributed by atoms with E-state index in [1.807, 2.05) is 36.7 Å². The Morgan fingerprint density at radius 3 is 2.57 bits per heavy atom. The van der Waals surface area contributed by atoms with E-state index in [1.165, 1.54) is 19.3 Å². The molecular formula is C18H23N3O2. The maximum atomic E-state index is 12.2. The number of ether oxygens (including phenoxy) is 1. The first kappa shape index (κ1) is 15.6. The number of anilines is 1. The third-order valence-corrected chi connectivity index (χ3v) is 4.48. The summed E-state index contributed by atoms with van der Waals surface area (Å²) in [4.78, 5) is 12.2. The minimum absolute atomic E-state index is 0.364. The molecule has 1 aliphatic carbocycles. The SMILES string of the molecule is Cc1nn(C2CCCCC2)c(NC(=O)Oc2ccccc2)c1C. The van der Waals surface area contributed by atoms with Crippen LogP contribution >= 0.6 is 0 Å². The van der Waals surface area contributed by atoms with Crippen LogP contribution in [-0.4, -0.2) is 15.9 Å². The van der Waals surface area contributed by atoms with E-state index in [2.05, 4.69) is 10.4 Å². The Kier molecular flexibility index (Phi) is 4.65. The van der Waals surface area contributed by atoms with Gasteiger partial charge in [-0.2, -0.15) is 5.10 Å². The number of carbonyl (C=O) groups is 1. The molecule has 1 aromatic heterocycles. The van der Waals surface area contributed by atoms with Crippen LogP contribution in [0.4, 0.5) is 10.6 Å². The number of aryl methyl sites for hydroxylation is 1. The summed E-state index contributed by atoms with van der Waals surface area (Å²) in [6.45, 7) is 3.96. The number of nitrogens with one attached hydrogen (secondary N) is 1. The van der Waals surface area contributed by atoms with Crippen LogP contribution in [-0.2, 0) is 0 Å². The molecule has 1 fully saturated rings. The molecule has 5 nitrogen and oxygen atoms in total. The Hall–Kier alpha value is -2.30. The molecule has 3 rings (SSSR count). The third-order valence-electron chi connectivity index (χ3n) is 4.48. The summed E-state index contributed by atoms with van der Waals surface area (Å²) in [6, 6.07) is 9.44. The zero-order valence-corrected chi connectivity index (χ0v) is 13.7. The molecule has 5 heteroatoms. The van der Waals surface area contributed by atoms with Crippen molar-refractivity contribution in [2.75, 3.05) is 5.32 Å². The molecule has 1 saturated carbocycles. The highest BCUT2D eigenvalue weighted by Gasteiger charge is 2.23. The van der Waals surface area contributed by atoms with E-state index < -0.39 is 6.09 Å². The number of hydrogen-bond donors (Lipinski definition) is 1. The minimum Gasteiger partial charge on any atom is -0.410 e. The summed E-state index contributed by atoms with van der Waals surface area (Å²) in [6.07, 6.45) is 5.48. The number of hydrogen-bond acceptors (Lipinski definition) is 3. The van der Waals surface area contributed by atoms with Crippen LogP contribution in [0.5, 0.6) is 5.75 Å². The van der Waals surface area contributed by atoms with Gasteiger partial charge in [-0.3, -0.25) is 5.32 Å². The van der Waals surface area contributed by atoms with E-state index in [0.29, 0.717) is 11.8 Å². The van der Waals surface area contributed by atoms with Crippen LogP contribution in [0, 0.1) is 13.8 Å². The van der Waals surface area contributed by atoms with Gasteiger partial charge in [-0.25, -0.2) is 9.48 Å². The van der Waals surface area contributed by atoms with Crippen molar-refractivity contribution in [3.05, 3.63) is 41.6 Å². The third kappa shape index (κ3) is 3.55. The Labute approximate surface area is 136 Å². The van der Waals surface area contributed by atoms with Crippen LogP contribution in [0.2, 0.25) is 0 Å². The molecule has 0 unspecified atom stereocenters. The summed E-state index contributed by atoms with van der Waals surface area (Å²) in [5.74, 6) is 1.29. The first-order chi connectivity index (χ1) is 11.1. The number of carbonyl (C=O) groups excluding carboxylic acids is 1. The van der Waals surface area contributed by atoms with Gasteiger partial charge in [0.25, 0.3) is 0 Å². The van der Waals surface area contributed by atoms with E-state index >= 15 is 0 Å². The lowest BCUT2D eigenvalue weighted by molar-refractivity contribution is 0.214. The molecule has 2 aromatic rings. The van der Waals surface area contributed by atoms with Crippen LogP contribution in [0.3, 0.4) is 0 Å². The van der Waals surface area contributed by atoms with Gasteiger partial charge in [-0.15, -0.1) is 0 Å². The largest absolute Gasteiger partial charge is 0.418 e. The summed E-state index contributed by atoms with van der Waals surface area (Å²) in [5.41, 5.74) is 1.95. The van der Waals surface area contributed by atoms with Gasteiger partial charge >= 0.3 is 6.09 Å². The highest BCUT2D eigenvalue weighted by Crippen LogP contribution is 2.32. The van der Waals surface area contributed by atoms with Crippen molar-refractivity contribution in [2.45, 2.75) is 52.0 Å². The predicted molar refractivity (Wildman–Crippen MR) is 89.9 cm³/mol. The Bertz CT molecular complexity index is 673. The fraction of sp³-hybridized carbons (Fsp3) is 0.444. The molecule has 0 spiro atoms. The molecule has 0 saturated heterocycles. The van der Waals surface area contributed by atoms with Crippen LogP contribution < -0.4 is 10.1 Å². The molecule has 0 radical (unpaired) electrons. The fourth-order valence-electron chi connectivity index (χ4n) is 3.09. The number of para-hydroxylation sites is 1. The first-order valence-corrected chi connectivity index (χ1v) is 8.24. The van der Waals surface area contributed by atoms with Crippen molar-refractivity contribution in [1.29, 1.82) is 0 Å². The van der Waals surface area contributed by atoms with E-state index in [-0.39, 0.29) is 0 Å². The second kappa shape index (κ2) is 6.86. The number of benzene rings is 1. The van der Waals surface area contributed by atoms with E-state index in [9.17, 15) is 4.79 Å². The molecule has 1 amide bonds. The van der Waals surface area contributed by atoms with Gasteiger partial charge in [-0.1, -0.05) is 37.5 Å². The van der Waals surface area contributed by atoms with Gasteiger partial charge in [-0.05, 0) is 38.8 Å². The minimum atomic E-state index is -0.476. The van der Waals surface area contributed by atoms with Gasteiger partial charge in [0.15, 0.2) is 0 Å². The molecular weight excluding hydrogens is 290 g/mol. The highest BCUT2D eigenvalue weighted by atomic mass is 16.6. The molecule has 1 heterocycles. The zero-order chi connectivity index (χ0) is 16.2. The lowest BCUT2D eigenvalue weighted by atomic mass is 9.95. The molecule has 0 bridgehead atoms. The topological polar surface area (TPSA) is 56.2 Å². The normalized spacial score (nSPS) is 15.4. The number of aromatic nitrogens is 2. The maximum Gasteiger partial charge on any atom is 0.418 e. The van der Waals surface area contributed by atoms with Crippen LogP contribution in [0.1, 0.15) is 49.4 Å². The lowest BCUT2D eigenvalue weighted by Gasteiger charge is -2.24. The molecule has 1 N–H and O–H groups in total. The summed E-state index contributed by atoms with van der Waals surface area (Å²) in [5, 5.41) is 7.53. The molecule has 0 atom stereocenters. The molecule has 0 aliphatic heterocycles. The van der Waals surface area contributed by atoms with Crippen molar-refractivity contribution >= 4 is 11.9 Å². The average molecular weight is 313 g/mol. The van der Waals surface area contributed by atoms with Gasteiger partial charge < -0.3 is 4.74 Å². The van der Waals surface area contributed by atoms with Crippen molar-refractivity contribution < 1.29 is 9.53 Å². The van der Waals surface area contributed by atoms with E-state index in [1.54, 1.807) is 12.1 Å².